The van der Waals surface area contributed by atoms with Crippen LogP contribution in [0.2, 0.25) is 0 Å². The Labute approximate surface area is 178 Å². The molecule has 1 unspecified atom stereocenters. The lowest BCUT2D eigenvalue weighted by atomic mass is 10.1. The maximum absolute atomic E-state index is 4.56. The van der Waals surface area contributed by atoms with Gasteiger partial charge in [0.25, 0.3) is 0 Å². The van der Waals surface area contributed by atoms with Gasteiger partial charge in [-0.15, -0.1) is 0 Å². The Hall–Kier alpha value is -3.16. The second kappa shape index (κ2) is 9.11. The normalized spacial score (nSPS) is 12.8. The average molecular weight is 409 g/mol. The maximum atomic E-state index is 4.56. The molecule has 0 amide bonds. The second-order valence-corrected chi connectivity index (χ2v) is 7.81. The van der Waals surface area contributed by atoms with Gasteiger partial charge in [0.05, 0.1) is 11.4 Å². The van der Waals surface area contributed by atoms with Crippen molar-refractivity contribution < 1.29 is 0 Å². The summed E-state index contributed by atoms with van der Waals surface area (Å²) in [6.45, 7) is 11.0. The van der Waals surface area contributed by atoms with Gasteiger partial charge < -0.3 is 10.6 Å². The van der Waals surface area contributed by atoms with Gasteiger partial charge in [-0.25, -0.2) is 9.67 Å². The summed E-state index contributed by atoms with van der Waals surface area (Å²) in [5, 5.41) is 15.8. The lowest BCUT2D eigenvalue weighted by Gasteiger charge is -2.18. The van der Waals surface area contributed by atoms with E-state index in [1.165, 1.54) is 11.3 Å². The van der Waals surface area contributed by atoms with Crippen LogP contribution < -0.4 is 10.6 Å². The summed E-state index contributed by atoms with van der Waals surface area (Å²) in [4.78, 5) is 8.91. The summed E-state index contributed by atoms with van der Waals surface area (Å²) < 4.78 is 3.80. The largest absolute Gasteiger partial charge is 0.354 e. The van der Waals surface area contributed by atoms with Crippen LogP contribution in [0.15, 0.2) is 29.4 Å². The van der Waals surface area contributed by atoms with Gasteiger partial charge in [-0.3, -0.25) is 9.67 Å². The van der Waals surface area contributed by atoms with E-state index in [4.69, 9.17) is 0 Å². The first-order chi connectivity index (χ1) is 14.3. The Morgan fingerprint density at radius 2 is 1.93 bits per heavy atom. The lowest BCUT2D eigenvalue weighted by molar-refractivity contribution is 0.635. The number of nitrogens with zero attached hydrogens (tertiary/aromatic N) is 6. The van der Waals surface area contributed by atoms with Gasteiger partial charge in [-0.2, -0.15) is 10.2 Å². The molecule has 0 bridgehead atoms. The number of hydrogen-bond acceptors (Lipinski definition) is 4. The van der Waals surface area contributed by atoms with Crippen molar-refractivity contribution in [2.45, 2.75) is 53.6 Å². The highest BCUT2D eigenvalue weighted by atomic mass is 15.3. The van der Waals surface area contributed by atoms with Crippen LogP contribution in [-0.2, 0) is 20.0 Å². The number of hydrogen-bond donors (Lipinski definition) is 2. The Kier molecular flexibility index (Phi) is 6.54. The van der Waals surface area contributed by atoms with Gasteiger partial charge >= 0.3 is 0 Å². The van der Waals surface area contributed by atoms with Crippen LogP contribution in [0, 0.1) is 27.7 Å². The lowest BCUT2D eigenvalue weighted by Crippen LogP contribution is -2.42. The molecule has 1 atom stereocenters. The minimum absolute atomic E-state index is 0.226. The molecule has 8 heteroatoms. The summed E-state index contributed by atoms with van der Waals surface area (Å²) in [6, 6.07) is 6.32. The van der Waals surface area contributed by atoms with Crippen LogP contribution in [0.4, 0.5) is 0 Å². The van der Waals surface area contributed by atoms with Crippen LogP contribution in [0.25, 0.3) is 5.82 Å². The minimum Gasteiger partial charge on any atom is -0.354 e. The van der Waals surface area contributed by atoms with Gasteiger partial charge in [0, 0.05) is 44.3 Å². The molecule has 0 aliphatic carbocycles. The van der Waals surface area contributed by atoms with Crippen LogP contribution >= 0.6 is 0 Å². The van der Waals surface area contributed by atoms with Crippen molar-refractivity contribution in [1.82, 2.24) is 35.2 Å². The summed E-state index contributed by atoms with van der Waals surface area (Å²) in [7, 11) is 3.77. The van der Waals surface area contributed by atoms with Crippen LogP contribution in [0.3, 0.4) is 0 Å². The van der Waals surface area contributed by atoms with Crippen molar-refractivity contribution in [2.75, 3.05) is 7.05 Å². The highest BCUT2D eigenvalue weighted by molar-refractivity contribution is 5.79. The molecule has 3 aromatic heterocycles. The fraction of sp³-hybridized carbons (Fsp3) is 0.455. The van der Waals surface area contributed by atoms with E-state index >= 15 is 0 Å². The van der Waals surface area contributed by atoms with Crippen molar-refractivity contribution >= 4 is 5.96 Å². The average Bonchev–Trinajstić information content (AvgIpc) is 3.17. The number of guanidine groups is 1. The van der Waals surface area contributed by atoms with E-state index in [2.05, 4.69) is 57.6 Å². The fourth-order valence-electron chi connectivity index (χ4n) is 3.59. The predicted octanol–water partition coefficient (Wildman–Crippen LogP) is 2.53. The first-order valence-corrected chi connectivity index (χ1v) is 10.2. The van der Waals surface area contributed by atoms with E-state index in [0.29, 0.717) is 6.54 Å². The zero-order chi connectivity index (χ0) is 21.8. The van der Waals surface area contributed by atoms with E-state index in [1.54, 1.807) is 7.05 Å². The molecule has 0 radical (unpaired) electrons. The molecule has 3 aromatic rings. The summed E-state index contributed by atoms with van der Waals surface area (Å²) in [6.07, 6.45) is 2.77. The fourth-order valence-corrected chi connectivity index (χ4v) is 3.59. The van der Waals surface area contributed by atoms with Crippen molar-refractivity contribution in [3.63, 3.8) is 0 Å². The molecule has 3 heterocycles. The number of nitrogens with one attached hydrogen (secondary N) is 2. The van der Waals surface area contributed by atoms with Gasteiger partial charge in [-0.05, 0) is 64.3 Å². The quantitative estimate of drug-likeness (QED) is 0.484. The van der Waals surface area contributed by atoms with E-state index in [-0.39, 0.29) is 6.04 Å². The van der Waals surface area contributed by atoms with E-state index < -0.39 is 0 Å². The molecule has 8 nitrogen and oxygen atoms in total. The molecule has 2 N–H and O–H groups in total. The van der Waals surface area contributed by atoms with Gasteiger partial charge in [0.15, 0.2) is 11.8 Å². The highest BCUT2D eigenvalue weighted by Gasteiger charge is 2.14. The van der Waals surface area contributed by atoms with Crippen LogP contribution in [0.1, 0.15) is 40.8 Å². The third-order valence-corrected chi connectivity index (χ3v) is 5.27. The SMILES string of the molecule is CN=C(NCc1ccc(-n2nc(C)cc2C)nc1)NC(C)Cc1c(C)nn(C)c1C. The van der Waals surface area contributed by atoms with Crippen molar-refractivity contribution in [1.29, 1.82) is 0 Å². The van der Waals surface area contributed by atoms with E-state index in [0.717, 1.165) is 40.8 Å². The smallest absolute Gasteiger partial charge is 0.191 e. The third kappa shape index (κ3) is 4.87. The Morgan fingerprint density at radius 1 is 1.17 bits per heavy atom. The number of aromatic nitrogens is 5. The molecular weight excluding hydrogens is 376 g/mol. The third-order valence-electron chi connectivity index (χ3n) is 5.27. The molecular formula is C22H32N8. The molecule has 160 valence electrons. The number of rotatable bonds is 6. The predicted molar refractivity (Wildman–Crippen MR) is 120 cm³/mol. The first kappa shape index (κ1) is 21.5. The van der Waals surface area contributed by atoms with Crippen LogP contribution in [0.5, 0.6) is 0 Å². The Balaban J connectivity index is 1.57. The Morgan fingerprint density at radius 3 is 2.47 bits per heavy atom. The molecule has 30 heavy (non-hydrogen) atoms. The minimum atomic E-state index is 0.226. The van der Waals surface area contributed by atoms with Crippen molar-refractivity contribution in [2.24, 2.45) is 12.0 Å². The van der Waals surface area contributed by atoms with Gasteiger partial charge in [0.1, 0.15) is 0 Å². The molecule has 3 rings (SSSR count). The van der Waals surface area contributed by atoms with Gasteiger partial charge in [-0.1, -0.05) is 6.07 Å². The van der Waals surface area contributed by atoms with Gasteiger partial charge in [0.2, 0.25) is 0 Å². The summed E-state index contributed by atoms with van der Waals surface area (Å²) in [5.74, 6) is 1.59. The van der Waals surface area contributed by atoms with E-state index in [9.17, 15) is 0 Å². The Bertz CT molecular complexity index is 1030. The number of aryl methyl sites for hydroxylation is 4. The molecule has 0 fully saturated rings. The highest BCUT2D eigenvalue weighted by Crippen LogP contribution is 2.14. The first-order valence-electron chi connectivity index (χ1n) is 10.2. The zero-order valence-corrected chi connectivity index (χ0v) is 19.0. The van der Waals surface area contributed by atoms with E-state index in [1.807, 2.05) is 48.6 Å². The molecule has 0 aliphatic rings. The zero-order valence-electron chi connectivity index (χ0n) is 19.0. The van der Waals surface area contributed by atoms with Crippen molar-refractivity contribution in [3.8, 4) is 5.82 Å². The molecule has 0 aromatic carbocycles. The van der Waals surface area contributed by atoms with Crippen LogP contribution in [-0.4, -0.2) is 43.6 Å². The monoisotopic (exact) mass is 408 g/mol. The molecule has 0 aliphatic heterocycles. The number of pyridine rings is 1. The standard InChI is InChI=1S/C22H32N8/c1-14(11-20-17(4)28-29(7)18(20)5)26-22(23-6)25-13-19-8-9-21(24-12-19)30-16(3)10-15(2)27-30/h8-10,12,14H,11,13H2,1-7H3,(H2,23,25,26). The van der Waals surface area contributed by atoms with Crippen molar-refractivity contribution in [3.05, 3.63) is 58.3 Å². The topological polar surface area (TPSA) is 84.9 Å². The summed E-state index contributed by atoms with van der Waals surface area (Å²) in [5.41, 5.74) is 6.72. The molecule has 0 saturated carbocycles. The summed E-state index contributed by atoms with van der Waals surface area (Å²) >= 11 is 0. The molecule has 0 spiro atoms. The molecule has 0 saturated heterocycles. The number of aliphatic imine (C=N–C) groups is 1. The maximum Gasteiger partial charge on any atom is 0.191 e. The second-order valence-electron chi connectivity index (χ2n) is 7.81.